The van der Waals surface area contributed by atoms with Crippen molar-refractivity contribution in [2.24, 2.45) is 5.41 Å². The van der Waals surface area contributed by atoms with E-state index < -0.39 is 11.8 Å². The monoisotopic (exact) mass is 316 g/mol. The zero-order valence-corrected chi connectivity index (χ0v) is 12.9. The molecule has 1 aromatic rings. The van der Waals surface area contributed by atoms with Crippen molar-refractivity contribution in [2.75, 3.05) is 19.7 Å². The highest BCUT2D eigenvalue weighted by Gasteiger charge is 2.37. The minimum absolute atomic E-state index is 0.0420. The number of amides is 3. The molecule has 2 aliphatic rings. The molecule has 0 spiro atoms. The molecule has 23 heavy (non-hydrogen) atoms. The smallest absolute Gasteiger partial charge is 0.262 e. The third-order valence-electron chi connectivity index (χ3n) is 4.84. The van der Waals surface area contributed by atoms with E-state index >= 15 is 0 Å². The number of imide groups is 1. The van der Waals surface area contributed by atoms with Crippen LogP contribution in [0.1, 0.15) is 46.4 Å². The molecule has 0 radical (unpaired) electrons. The number of fused-ring (bicyclic) bond motifs is 1. The average molecular weight is 316 g/mol. The van der Waals surface area contributed by atoms with Crippen molar-refractivity contribution in [3.63, 3.8) is 0 Å². The lowest BCUT2D eigenvalue weighted by Crippen LogP contribution is -2.44. The van der Waals surface area contributed by atoms with E-state index in [9.17, 15) is 19.5 Å². The molecule has 3 rings (SSSR count). The Hall–Kier alpha value is -2.21. The summed E-state index contributed by atoms with van der Waals surface area (Å²) in [4.78, 5) is 37.5. The molecule has 1 aromatic carbocycles. The fourth-order valence-corrected chi connectivity index (χ4v) is 3.38. The molecule has 1 aliphatic heterocycles. The van der Waals surface area contributed by atoms with Crippen molar-refractivity contribution < 1.29 is 19.5 Å². The topological polar surface area (TPSA) is 86.7 Å². The van der Waals surface area contributed by atoms with Crippen molar-refractivity contribution >= 4 is 17.7 Å². The molecule has 0 saturated heterocycles. The van der Waals surface area contributed by atoms with Gasteiger partial charge in [-0.15, -0.1) is 0 Å². The molecule has 122 valence electrons. The summed E-state index contributed by atoms with van der Waals surface area (Å²) in [6.07, 6.45) is 3.87. The van der Waals surface area contributed by atoms with Gasteiger partial charge in [0.25, 0.3) is 11.8 Å². The predicted octanol–water partition coefficient (Wildman–Crippen LogP) is 0.951. The van der Waals surface area contributed by atoms with Crippen LogP contribution in [0, 0.1) is 5.41 Å². The minimum Gasteiger partial charge on any atom is -0.396 e. The fourth-order valence-electron chi connectivity index (χ4n) is 3.38. The van der Waals surface area contributed by atoms with E-state index in [2.05, 4.69) is 5.32 Å². The summed E-state index contributed by atoms with van der Waals surface area (Å²) in [6.45, 7) is 0.139. The number of carbonyl (C=O) groups excluding carboxylic acids is 3. The number of nitrogens with zero attached hydrogens (tertiary/aromatic N) is 1. The highest BCUT2D eigenvalue weighted by atomic mass is 16.3. The Morgan fingerprint density at radius 1 is 1.13 bits per heavy atom. The van der Waals surface area contributed by atoms with Gasteiger partial charge in [-0.3, -0.25) is 19.3 Å². The van der Waals surface area contributed by atoms with Gasteiger partial charge in [-0.25, -0.2) is 0 Å². The van der Waals surface area contributed by atoms with Crippen molar-refractivity contribution in [1.82, 2.24) is 10.2 Å². The van der Waals surface area contributed by atoms with Crippen molar-refractivity contribution in [3.05, 3.63) is 35.4 Å². The van der Waals surface area contributed by atoms with E-state index in [1.165, 1.54) is 0 Å². The Morgan fingerprint density at radius 2 is 1.70 bits per heavy atom. The van der Waals surface area contributed by atoms with Crippen molar-refractivity contribution in [2.45, 2.75) is 25.7 Å². The average Bonchev–Trinajstić information content (AvgIpc) is 3.14. The second-order valence-electron chi connectivity index (χ2n) is 6.38. The summed E-state index contributed by atoms with van der Waals surface area (Å²) in [6, 6.07) is 6.57. The quantitative estimate of drug-likeness (QED) is 0.792. The van der Waals surface area contributed by atoms with Crippen LogP contribution in [0.4, 0.5) is 0 Å². The van der Waals surface area contributed by atoms with Gasteiger partial charge in [0.05, 0.1) is 17.7 Å². The van der Waals surface area contributed by atoms with Gasteiger partial charge in [0, 0.05) is 12.0 Å². The summed E-state index contributed by atoms with van der Waals surface area (Å²) >= 11 is 0. The van der Waals surface area contributed by atoms with Crippen LogP contribution in [-0.4, -0.2) is 47.4 Å². The molecule has 1 saturated carbocycles. The number of rotatable bonds is 5. The molecule has 3 amide bonds. The van der Waals surface area contributed by atoms with Crippen LogP contribution in [0.25, 0.3) is 0 Å². The number of nitrogens with one attached hydrogen (secondary N) is 1. The third-order valence-corrected chi connectivity index (χ3v) is 4.84. The summed E-state index contributed by atoms with van der Waals surface area (Å²) in [7, 11) is 0. The van der Waals surface area contributed by atoms with E-state index in [-0.39, 0.29) is 24.5 Å². The van der Waals surface area contributed by atoms with Gasteiger partial charge in [-0.1, -0.05) is 25.0 Å². The molecule has 2 N–H and O–H groups in total. The first-order valence-corrected chi connectivity index (χ1v) is 7.89. The summed E-state index contributed by atoms with van der Waals surface area (Å²) < 4.78 is 0. The first kappa shape index (κ1) is 15.7. The van der Waals surface area contributed by atoms with Gasteiger partial charge in [0.15, 0.2) is 0 Å². The van der Waals surface area contributed by atoms with E-state index in [1.54, 1.807) is 24.3 Å². The van der Waals surface area contributed by atoms with E-state index in [0.717, 1.165) is 30.6 Å². The molecule has 1 fully saturated rings. The Labute approximate surface area is 134 Å². The standard InChI is InChI=1S/C17H20N2O4/c20-11-17(7-3-4-8-17)10-18-14(21)9-19-15(22)12-5-1-2-6-13(12)16(19)23/h1-2,5-6,20H,3-4,7-11H2,(H,18,21). The number of carbonyl (C=O) groups is 3. The van der Waals surface area contributed by atoms with Crippen LogP contribution < -0.4 is 5.32 Å². The lowest BCUT2D eigenvalue weighted by molar-refractivity contribution is -0.122. The summed E-state index contributed by atoms with van der Waals surface area (Å²) in [5.41, 5.74) is 0.429. The van der Waals surface area contributed by atoms with Gasteiger partial charge < -0.3 is 10.4 Å². The second-order valence-corrected chi connectivity index (χ2v) is 6.38. The molecule has 0 unspecified atom stereocenters. The van der Waals surface area contributed by atoms with E-state index in [1.807, 2.05) is 0 Å². The zero-order chi connectivity index (χ0) is 16.4. The van der Waals surface area contributed by atoms with E-state index in [0.29, 0.717) is 17.7 Å². The maximum Gasteiger partial charge on any atom is 0.262 e. The molecular weight excluding hydrogens is 296 g/mol. The van der Waals surface area contributed by atoms with Gasteiger partial charge in [-0.05, 0) is 25.0 Å². The molecule has 1 aliphatic carbocycles. The van der Waals surface area contributed by atoms with Crippen LogP contribution in [0.2, 0.25) is 0 Å². The Balaban J connectivity index is 1.61. The molecule has 0 aromatic heterocycles. The molecule has 6 heteroatoms. The summed E-state index contributed by atoms with van der Waals surface area (Å²) in [5.74, 6) is -1.24. The lowest BCUT2D eigenvalue weighted by Gasteiger charge is -2.27. The van der Waals surface area contributed by atoms with E-state index in [4.69, 9.17) is 0 Å². The van der Waals surface area contributed by atoms with Crippen LogP contribution in [0.15, 0.2) is 24.3 Å². The maximum absolute atomic E-state index is 12.2. The van der Waals surface area contributed by atoms with Crippen LogP contribution in [0.5, 0.6) is 0 Å². The van der Waals surface area contributed by atoms with Crippen molar-refractivity contribution in [3.8, 4) is 0 Å². The number of benzene rings is 1. The third kappa shape index (κ3) is 2.86. The zero-order valence-electron chi connectivity index (χ0n) is 12.9. The first-order valence-electron chi connectivity index (χ1n) is 7.89. The first-order chi connectivity index (χ1) is 11.1. The van der Waals surface area contributed by atoms with Crippen LogP contribution >= 0.6 is 0 Å². The number of aliphatic hydroxyl groups is 1. The molecule has 0 bridgehead atoms. The Bertz CT molecular complexity index is 615. The number of aliphatic hydroxyl groups excluding tert-OH is 1. The van der Waals surface area contributed by atoms with Gasteiger partial charge in [0.2, 0.25) is 5.91 Å². The number of hydrogen-bond acceptors (Lipinski definition) is 4. The fraction of sp³-hybridized carbons (Fsp3) is 0.471. The normalized spacial score (nSPS) is 19.1. The minimum atomic E-state index is -0.432. The maximum atomic E-state index is 12.2. The Morgan fingerprint density at radius 3 is 2.22 bits per heavy atom. The number of hydrogen-bond donors (Lipinski definition) is 2. The highest BCUT2D eigenvalue weighted by Crippen LogP contribution is 2.36. The van der Waals surface area contributed by atoms with Crippen LogP contribution in [-0.2, 0) is 4.79 Å². The highest BCUT2D eigenvalue weighted by molar-refractivity contribution is 6.22. The lowest BCUT2D eigenvalue weighted by atomic mass is 9.87. The molecule has 6 nitrogen and oxygen atoms in total. The van der Waals surface area contributed by atoms with Gasteiger partial charge >= 0.3 is 0 Å². The summed E-state index contributed by atoms with van der Waals surface area (Å²) in [5, 5.41) is 12.3. The predicted molar refractivity (Wildman–Crippen MR) is 82.8 cm³/mol. The SMILES string of the molecule is O=C(CN1C(=O)c2ccccc2C1=O)NCC1(CO)CCCC1. The molecule has 0 atom stereocenters. The van der Waals surface area contributed by atoms with Gasteiger partial charge in [0.1, 0.15) is 6.54 Å². The van der Waals surface area contributed by atoms with Crippen molar-refractivity contribution in [1.29, 1.82) is 0 Å². The largest absolute Gasteiger partial charge is 0.396 e. The van der Waals surface area contributed by atoms with Gasteiger partial charge in [-0.2, -0.15) is 0 Å². The molecular formula is C17H20N2O4. The second kappa shape index (κ2) is 6.12. The molecule has 1 heterocycles. The van der Waals surface area contributed by atoms with Crippen LogP contribution in [0.3, 0.4) is 0 Å². The Kier molecular flexibility index (Phi) is 4.17.